The summed E-state index contributed by atoms with van der Waals surface area (Å²) in [5.74, 6) is 0.424. The van der Waals surface area contributed by atoms with Crippen molar-refractivity contribution >= 4 is 28.4 Å². The molecule has 0 bridgehead atoms. The lowest BCUT2D eigenvalue weighted by Crippen LogP contribution is -2.36. The van der Waals surface area contributed by atoms with E-state index in [0.717, 1.165) is 16.5 Å². The fourth-order valence-electron chi connectivity index (χ4n) is 2.98. The zero-order chi connectivity index (χ0) is 18.0. The third-order valence-corrected chi connectivity index (χ3v) is 4.65. The zero-order valence-corrected chi connectivity index (χ0v) is 15.3. The van der Waals surface area contributed by atoms with Crippen LogP contribution in [0, 0.1) is 0 Å². The Morgan fingerprint density at radius 1 is 1.24 bits per heavy atom. The molecule has 1 heterocycles. The van der Waals surface area contributed by atoms with Crippen molar-refractivity contribution in [2.75, 3.05) is 13.7 Å². The first-order chi connectivity index (χ1) is 11.9. The standard InChI is InChI=1S/C20H21ClN2O2/c1-20(2,16-11-22-17-10-13(21)8-9-14(16)17)12-23-19(24)15-6-4-5-7-18(15)25-3/h4-11,22H,12H2,1-3H3,(H,23,24). The molecule has 1 aromatic heterocycles. The van der Waals surface area contributed by atoms with Crippen LogP contribution in [0.15, 0.2) is 48.7 Å². The van der Waals surface area contributed by atoms with Gasteiger partial charge in [0.05, 0.1) is 12.7 Å². The number of carbonyl (C=O) groups excluding carboxylic acids is 1. The van der Waals surface area contributed by atoms with Crippen molar-refractivity contribution in [3.05, 3.63) is 64.8 Å². The largest absolute Gasteiger partial charge is 0.496 e. The monoisotopic (exact) mass is 356 g/mol. The number of H-pyrrole nitrogens is 1. The minimum atomic E-state index is -0.246. The Kier molecular flexibility index (Phi) is 4.73. The van der Waals surface area contributed by atoms with Gasteiger partial charge >= 0.3 is 0 Å². The molecule has 25 heavy (non-hydrogen) atoms. The first kappa shape index (κ1) is 17.4. The van der Waals surface area contributed by atoms with Crippen LogP contribution in [0.25, 0.3) is 10.9 Å². The van der Waals surface area contributed by atoms with Crippen LogP contribution in [0.5, 0.6) is 5.75 Å². The Morgan fingerprint density at radius 2 is 2.00 bits per heavy atom. The Bertz CT molecular complexity index is 915. The maximum Gasteiger partial charge on any atom is 0.255 e. The highest BCUT2D eigenvalue weighted by atomic mass is 35.5. The number of aromatic amines is 1. The van der Waals surface area contributed by atoms with E-state index in [1.54, 1.807) is 19.2 Å². The summed E-state index contributed by atoms with van der Waals surface area (Å²) in [4.78, 5) is 15.8. The molecule has 3 rings (SSSR count). The molecule has 0 radical (unpaired) electrons. The smallest absolute Gasteiger partial charge is 0.255 e. The Morgan fingerprint density at radius 3 is 2.76 bits per heavy atom. The number of para-hydroxylation sites is 1. The molecule has 0 aliphatic heterocycles. The lowest BCUT2D eigenvalue weighted by molar-refractivity contribution is 0.0942. The molecule has 0 fully saturated rings. The number of carbonyl (C=O) groups is 1. The number of hydrogen-bond donors (Lipinski definition) is 2. The summed E-state index contributed by atoms with van der Waals surface area (Å²) < 4.78 is 5.26. The van der Waals surface area contributed by atoms with Gasteiger partial charge < -0.3 is 15.0 Å². The third-order valence-electron chi connectivity index (χ3n) is 4.42. The van der Waals surface area contributed by atoms with Crippen LogP contribution in [0.2, 0.25) is 5.02 Å². The van der Waals surface area contributed by atoms with Crippen LogP contribution in [0.4, 0.5) is 0 Å². The lowest BCUT2D eigenvalue weighted by Gasteiger charge is -2.25. The van der Waals surface area contributed by atoms with Crippen LogP contribution in [0.1, 0.15) is 29.8 Å². The van der Waals surface area contributed by atoms with Crippen molar-refractivity contribution in [1.29, 1.82) is 0 Å². The molecule has 0 saturated heterocycles. The Labute approximate surface area is 152 Å². The highest BCUT2D eigenvalue weighted by Crippen LogP contribution is 2.31. The average Bonchev–Trinajstić information content (AvgIpc) is 3.03. The van der Waals surface area contributed by atoms with Gasteiger partial charge in [-0.2, -0.15) is 0 Å². The van der Waals surface area contributed by atoms with E-state index >= 15 is 0 Å². The van der Waals surface area contributed by atoms with E-state index < -0.39 is 0 Å². The summed E-state index contributed by atoms with van der Waals surface area (Å²) in [5, 5.41) is 4.83. The topological polar surface area (TPSA) is 54.1 Å². The fourth-order valence-corrected chi connectivity index (χ4v) is 3.15. The number of rotatable bonds is 5. The summed E-state index contributed by atoms with van der Waals surface area (Å²) >= 11 is 6.05. The van der Waals surface area contributed by atoms with Crippen molar-refractivity contribution < 1.29 is 9.53 Å². The number of aromatic nitrogens is 1. The second kappa shape index (κ2) is 6.81. The second-order valence-corrected chi connectivity index (χ2v) is 7.10. The maximum absolute atomic E-state index is 12.5. The van der Waals surface area contributed by atoms with Crippen LogP contribution in [-0.2, 0) is 5.41 Å². The molecule has 0 unspecified atom stereocenters. The number of methoxy groups -OCH3 is 1. The minimum absolute atomic E-state index is 0.145. The van der Waals surface area contributed by atoms with Crippen molar-refractivity contribution in [1.82, 2.24) is 10.3 Å². The van der Waals surface area contributed by atoms with E-state index in [1.807, 2.05) is 36.5 Å². The van der Waals surface area contributed by atoms with E-state index in [2.05, 4.69) is 24.1 Å². The molecule has 5 heteroatoms. The van der Waals surface area contributed by atoms with E-state index in [4.69, 9.17) is 16.3 Å². The molecule has 2 aromatic carbocycles. The summed E-state index contributed by atoms with van der Waals surface area (Å²) in [6.45, 7) is 4.71. The molecule has 0 saturated carbocycles. The van der Waals surface area contributed by atoms with Gasteiger partial charge in [0.15, 0.2) is 0 Å². The average molecular weight is 357 g/mol. The Balaban J connectivity index is 1.80. The molecular formula is C20H21ClN2O2. The predicted octanol–water partition coefficient (Wildman–Crippen LogP) is 4.54. The van der Waals surface area contributed by atoms with Gasteiger partial charge in [-0.05, 0) is 29.8 Å². The van der Waals surface area contributed by atoms with Crippen molar-refractivity contribution in [2.45, 2.75) is 19.3 Å². The van der Waals surface area contributed by atoms with Gasteiger partial charge in [0.25, 0.3) is 5.91 Å². The second-order valence-electron chi connectivity index (χ2n) is 6.66. The van der Waals surface area contributed by atoms with Crippen molar-refractivity contribution in [3.8, 4) is 5.75 Å². The van der Waals surface area contributed by atoms with Gasteiger partial charge in [-0.25, -0.2) is 0 Å². The van der Waals surface area contributed by atoms with Crippen LogP contribution in [-0.4, -0.2) is 24.5 Å². The number of amides is 1. The highest BCUT2D eigenvalue weighted by Gasteiger charge is 2.25. The van der Waals surface area contributed by atoms with Gasteiger partial charge in [-0.15, -0.1) is 0 Å². The number of hydrogen-bond acceptors (Lipinski definition) is 2. The molecule has 0 aliphatic carbocycles. The Hall–Kier alpha value is -2.46. The van der Waals surface area contributed by atoms with Gasteiger partial charge in [-0.3, -0.25) is 4.79 Å². The molecule has 3 aromatic rings. The van der Waals surface area contributed by atoms with Crippen molar-refractivity contribution in [3.63, 3.8) is 0 Å². The first-order valence-corrected chi connectivity index (χ1v) is 8.48. The van der Waals surface area contributed by atoms with Gasteiger partial charge in [0, 0.05) is 34.1 Å². The molecule has 0 spiro atoms. The van der Waals surface area contributed by atoms with Gasteiger partial charge in [0.1, 0.15) is 5.75 Å². The number of nitrogens with one attached hydrogen (secondary N) is 2. The molecule has 1 amide bonds. The predicted molar refractivity (Wildman–Crippen MR) is 102 cm³/mol. The first-order valence-electron chi connectivity index (χ1n) is 8.11. The normalized spacial score (nSPS) is 11.5. The molecule has 2 N–H and O–H groups in total. The van der Waals surface area contributed by atoms with E-state index in [-0.39, 0.29) is 11.3 Å². The molecule has 130 valence electrons. The lowest BCUT2D eigenvalue weighted by atomic mass is 9.84. The highest BCUT2D eigenvalue weighted by molar-refractivity contribution is 6.31. The molecule has 0 atom stereocenters. The summed E-state index contributed by atoms with van der Waals surface area (Å²) in [6, 6.07) is 13.0. The number of benzene rings is 2. The maximum atomic E-state index is 12.5. The van der Waals surface area contributed by atoms with E-state index in [9.17, 15) is 4.79 Å². The quantitative estimate of drug-likeness (QED) is 0.705. The van der Waals surface area contributed by atoms with Crippen LogP contribution >= 0.6 is 11.6 Å². The van der Waals surface area contributed by atoms with E-state index in [1.165, 1.54) is 0 Å². The van der Waals surface area contributed by atoms with Crippen molar-refractivity contribution in [2.24, 2.45) is 0 Å². The van der Waals surface area contributed by atoms with Crippen LogP contribution in [0.3, 0.4) is 0 Å². The zero-order valence-electron chi connectivity index (χ0n) is 14.5. The molecule has 0 aliphatic rings. The fraction of sp³-hybridized carbons (Fsp3) is 0.250. The number of halogens is 1. The van der Waals surface area contributed by atoms with Crippen LogP contribution < -0.4 is 10.1 Å². The third kappa shape index (κ3) is 3.49. The number of fused-ring (bicyclic) bond motifs is 1. The molecular weight excluding hydrogens is 336 g/mol. The SMILES string of the molecule is COc1ccccc1C(=O)NCC(C)(C)c1c[nH]c2cc(Cl)ccc12. The number of ether oxygens (including phenoxy) is 1. The van der Waals surface area contributed by atoms with Gasteiger partial charge in [0.2, 0.25) is 0 Å². The molecule has 4 nitrogen and oxygen atoms in total. The summed E-state index contributed by atoms with van der Waals surface area (Å²) in [5.41, 5.74) is 2.42. The minimum Gasteiger partial charge on any atom is -0.496 e. The summed E-state index contributed by atoms with van der Waals surface area (Å²) in [6.07, 6.45) is 1.98. The van der Waals surface area contributed by atoms with Gasteiger partial charge in [-0.1, -0.05) is 43.6 Å². The summed E-state index contributed by atoms with van der Waals surface area (Å²) in [7, 11) is 1.56. The van der Waals surface area contributed by atoms with E-state index in [0.29, 0.717) is 22.9 Å².